The van der Waals surface area contributed by atoms with Crippen molar-refractivity contribution in [3.63, 3.8) is 0 Å². The lowest BCUT2D eigenvalue weighted by Gasteiger charge is -2.47. The van der Waals surface area contributed by atoms with E-state index in [1.165, 1.54) is 10.5 Å². The lowest BCUT2D eigenvalue weighted by Crippen LogP contribution is -2.59. The molecule has 8 nitrogen and oxygen atoms in total. The Morgan fingerprint density at radius 2 is 1.50 bits per heavy atom. The molecule has 3 aliphatic rings. The second kappa shape index (κ2) is 13.3. The zero-order chi connectivity index (χ0) is 26.1. The number of piperidine rings is 1. The van der Waals surface area contributed by atoms with Gasteiger partial charge in [0.1, 0.15) is 0 Å². The molecule has 6 rings (SSSR count). The van der Waals surface area contributed by atoms with Gasteiger partial charge in [-0.1, -0.05) is 35.9 Å². The summed E-state index contributed by atoms with van der Waals surface area (Å²) in [5.41, 5.74) is 2.16. The van der Waals surface area contributed by atoms with E-state index >= 15 is 0 Å². The summed E-state index contributed by atoms with van der Waals surface area (Å²) in [5, 5.41) is 0.724. The normalized spacial score (nSPS) is 21.5. The van der Waals surface area contributed by atoms with Gasteiger partial charge in [-0.15, -0.1) is 24.8 Å². The summed E-state index contributed by atoms with van der Waals surface area (Å²) in [6.07, 6.45) is 6.13. The molecule has 0 aliphatic carbocycles. The van der Waals surface area contributed by atoms with E-state index in [4.69, 9.17) is 16.3 Å². The van der Waals surface area contributed by atoms with Crippen LogP contribution in [0, 0.1) is 0 Å². The number of benzene rings is 2. The number of amides is 2. The predicted molar refractivity (Wildman–Crippen MR) is 159 cm³/mol. The van der Waals surface area contributed by atoms with Crippen molar-refractivity contribution in [3.05, 3.63) is 88.7 Å². The van der Waals surface area contributed by atoms with Gasteiger partial charge in [0.05, 0.1) is 30.4 Å². The zero-order valence-electron chi connectivity index (χ0n) is 21.9. The highest BCUT2D eigenvalue weighted by Gasteiger charge is 2.40. The minimum atomic E-state index is -0.242. The molecule has 0 radical (unpaired) electrons. The molecular weight excluding hydrogens is 573 g/mol. The molecule has 0 bridgehead atoms. The summed E-state index contributed by atoms with van der Waals surface area (Å²) < 4.78 is 6.31. The molecule has 0 unspecified atom stereocenters. The molecule has 3 aromatic rings. The molecule has 1 aromatic heterocycles. The van der Waals surface area contributed by atoms with Crippen molar-refractivity contribution in [2.75, 3.05) is 37.7 Å². The Labute approximate surface area is 251 Å². The summed E-state index contributed by atoms with van der Waals surface area (Å²) in [5.74, 6) is 0.301. The highest BCUT2D eigenvalue weighted by atomic mass is 35.5. The first-order valence-corrected chi connectivity index (χ1v) is 13.5. The monoisotopic (exact) mass is 603 g/mol. The lowest BCUT2D eigenvalue weighted by atomic mass is 9.96. The van der Waals surface area contributed by atoms with Gasteiger partial charge < -0.3 is 9.64 Å². The van der Waals surface area contributed by atoms with Gasteiger partial charge in [0, 0.05) is 49.1 Å². The van der Waals surface area contributed by atoms with Gasteiger partial charge in [0.2, 0.25) is 5.95 Å². The molecule has 2 atom stereocenters. The van der Waals surface area contributed by atoms with Crippen LogP contribution in [0.4, 0.5) is 5.95 Å². The van der Waals surface area contributed by atoms with Crippen LogP contribution in [0.25, 0.3) is 0 Å². The van der Waals surface area contributed by atoms with Crippen LogP contribution in [0.15, 0.2) is 67.0 Å². The lowest BCUT2D eigenvalue weighted by molar-refractivity contribution is -0.0864. The summed E-state index contributed by atoms with van der Waals surface area (Å²) in [6, 6.07) is 17.4. The number of carbonyl (C=O) groups is 2. The van der Waals surface area contributed by atoms with Gasteiger partial charge in [-0.2, -0.15) is 0 Å². The maximum atomic E-state index is 13.0. The highest BCUT2D eigenvalue weighted by molar-refractivity contribution is 6.30. The molecule has 0 saturated carbocycles. The van der Waals surface area contributed by atoms with Crippen molar-refractivity contribution in [2.24, 2.45) is 0 Å². The van der Waals surface area contributed by atoms with E-state index in [9.17, 15) is 9.59 Å². The van der Waals surface area contributed by atoms with Crippen LogP contribution in [0.3, 0.4) is 0 Å². The fourth-order valence-electron chi connectivity index (χ4n) is 5.87. The number of fused-ring (bicyclic) bond motifs is 1. The maximum absolute atomic E-state index is 13.0. The van der Waals surface area contributed by atoms with Gasteiger partial charge in [-0.3, -0.25) is 19.4 Å². The second-order valence-corrected chi connectivity index (χ2v) is 10.6. The molecule has 0 N–H and O–H groups in total. The van der Waals surface area contributed by atoms with E-state index in [2.05, 4.69) is 31.9 Å². The molecule has 2 fully saturated rings. The smallest absolute Gasteiger partial charge is 0.261 e. The van der Waals surface area contributed by atoms with Crippen molar-refractivity contribution in [3.8, 4) is 0 Å². The van der Waals surface area contributed by atoms with E-state index < -0.39 is 0 Å². The van der Waals surface area contributed by atoms with Crippen molar-refractivity contribution in [1.29, 1.82) is 0 Å². The van der Waals surface area contributed by atoms with Gasteiger partial charge >= 0.3 is 0 Å². The Morgan fingerprint density at radius 3 is 2.12 bits per heavy atom. The third-order valence-electron chi connectivity index (χ3n) is 7.83. The fourth-order valence-corrected chi connectivity index (χ4v) is 5.99. The van der Waals surface area contributed by atoms with E-state index in [1.807, 2.05) is 18.2 Å². The fraction of sp³-hybridized carbons (Fsp3) is 0.379. The Hall–Kier alpha value is -2.75. The van der Waals surface area contributed by atoms with Crippen LogP contribution in [-0.2, 0) is 11.2 Å². The van der Waals surface area contributed by atoms with Crippen molar-refractivity contribution >= 4 is 54.2 Å². The van der Waals surface area contributed by atoms with Crippen molar-refractivity contribution in [2.45, 2.75) is 37.5 Å². The molecular formula is C29H32Cl3N5O3. The number of nitrogens with zero attached hydrogens (tertiary/aromatic N) is 5. The maximum Gasteiger partial charge on any atom is 0.261 e. The van der Waals surface area contributed by atoms with Crippen LogP contribution >= 0.6 is 36.4 Å². The second-order valence-electron chi connectivity index (χ2n) is 10.2. The van der Waals surface area contributed by atoms with E-state index in [0.717, 1.165) is 43.3 Å². The summed E-state index contributed by atoms with van der Waals surface area (Å²) in [4.78, 5) is 40.9. The minimum Gasteiger partial charge on any atom is -0.373 e. The summed E-state index contributed by atoms with van der Waals surface area (Å²) in [7, 11) is 0. The number of rotatable bonds is 6. The largest absolute Gasteiger partial charge is 0.373 e. The van der Waals surface area contributed by atoms with E-state index in [-0.39, 0.29) is 55.3 Å². The third kappa shape index (κ3) is 6.26. The number of ether oxygens (including phenoxy) is 1. The number of anilines is 1. The molecule has 2 aromatic carbocycles. The average molecular weight is 605 g/mol. The molecule has 2 amide bonds. The number of morpholine rings is 1. The molecule has 3 aliphatic heterocycles. The topological polar surface area (TPSA) is 78.9 Å². The van der Waals surface area contributed by atoms with Crippen LogP contribution < -0.4 is 4.90 Å². The molecule has 212 valence electrons. The SMILES string of the molecule is Cl.Cl.O=C1c2ccccc2C(=O)N1C[C@H]1CN(C2CCN(c3ncccn3)CC2)[C@@H](Cc2ccc(Cl)cc2)CO1. The van der Waals surface area contributed by atoms with Gasteiger partial charge in [-0.05, 0) is 55.2 Å². The van der Waals surface area contributed by atoms with Crippen molar-refractivity contribution in [1.82, 2.24) is 19.8 Å². The first-order chi connectivity index (χ1) is 18.6. The number of hydrogen-bond acceptors (Lipinski definition) is 7. The van der Waals surface area contributed by atoms with Crippen molar-refractivity contribution < 1.29 is 14.3 Å². The highest BCUT2D eigenvalue weighted by Crippen LogP contribution is 2.28. The zero-order valence-corrected chi connectivity index (χ0v) is 24.3. The van der Waals surface area contributed by atoms with E-state index in [1.54, 1.807) is 36.7 Å². The van der Waals surface area contributed by atoms with E-state index in [0.29, 0.717) is 30.3 Å². The van der Waals surface area contributed by atoms with Gasteiger partial charge in [0.15, 0.2) is 0 Å². The average Bonchev–Trinajstić information content (AvgIpc) is 3.20. The van der Waals surface area contributed by atoms with Crippen LogP contribution in [0.5, 0.6) is 0 Å². The van der Waals surface area contributed by atoms with Crippen LogP contribution in [0.2, 0.25) is 5.02 Å². The molecule has 40 heavy (non-hydrogen) atoms. The third-order valence-corrected chi connectivity index (χ3v) is 8.08. The number of aromatic nitrogens is 2. The predicted octanol–water partition coefficient (Wildman–Crippen LogP) is 4.55. The standard InChI is InChI=1S/C29H30ClN5O3.2ClH/c30-21-8-6-20(7-9-21)16-23-19-38-24(18-35-27(36)25-4-1-2-5-26(25)28(35)37)17-34(23)22-10-14-33(15-11-22)29-31-12-3-13-32-29;;/h1-9,12-13,22-24H,10-11,14-19H2;2*1H/t23-,24+;;/m0../s1. The molecule has 4 heterocycles. The Kier molecular flexibility index (Phi) is 10.0. The quantitative estimate of drug-likeness (QED) is 0.382. The van der Waals surface area contributed by atoms with Gasteiger partial charge in [0.25, 0.3) is 11.8 Å². The molecule has 0 spiro atoms. The summed E-state index contributed by atoms with van der Waals surface area (Å²) in [6.45, 7) is 3.22. The Morgan fingerprint density at radius 1 is 0.875 bits per heavy atom. The first-order valence-electron chi connectivity index (χ1n) is 13.2. The number of halogens is 3. The molecule has 11 heteroatoms. The number of hydrogen-bond donors (Lipinski definition) is 0. The number of imide groups is 1. The van der Waals surface area contributed by atoms with Gasteiger partial charge in [-0.25, -0.2) is 9.97 Å². The Bertz CT molecular complexity index is 1270. The molecule has 2 saturated heterocycles. The minimum absolute atomic E-state index is 0. The number of carbonyl (C=O) groups excluding carboxylic acids is 2. The Balaban J connectivity index is 0.00000185. The van der Waals surface area contributed by atoms with Crippen LogP contribution in [-0.4, -0.2) is 82.6 Å². The van der Waals surface area contributed by atoms with Crippen LogP contribution in [0.1, 0.15) is 39.1 Å². The summed E-state index contributed by atoms with van der Waals surface area (Å²) >= 11 is 6.12. The first kappa shape index (κ1) is 30.2.